The van der Waals surface area contributed by atoms with E-state index >= 15 is 0 Å². The van der Waals surface area contributed by atoms with E-state index in [-0.39, 0.29) is 18.2 Å². The minimum atomic E-state index is -0.347. The zero-order valence-corrected chi connectivity index (χ0v) is 14.8. The number of nitrogens with zero attached hydrogens (tertiary/aromatic N) is 2. The molecule has 2 aromatic rings. The number of aromatic nitrogens is 1. The first-order chi connectivity index (χ1) is 12.1. The third-order valence-electron chi connectivity index (χ3n) is 3.79. The summed E-state index contributed by atoms with van der Waals surface area (Å²) in [6.45, 7) is 4.96. The first kappa shape index (κ1) is 17.4. The van der Waals surface area contributed by atoms with Crippen LogP contribution in [0.1, 0.15) is 21.6 Å². The van der Waals surface area contributed by atoms with Crippen molar-refractivity contribution < 1.29 is 14.3 Å². The number of aryl methyl sites for hydroxylation is 1. The van der Waals surface area contributed by atoms with E-state index in [1.165, 1.54) is 11.3 Å². The number of carbonyl (C=O) groups excluding carboxylic acids is 2. The SMILES string of the molecule is Cc1ccc(C(=O)NNC(=O)Cc2csc(N3CCOCC3)n2)cc1. The second-order valence-corrected chi connectivity index (χ2v) is 6.60. The Kier molecular flexibility index (Phi) is 5.62. The van der Waals surface area contributed by atoms with Crippen molar-refractivity contribution in [3.63, 3.8) is 0 Å². The summed E-state index contributed by atoms with van der Waals surface area (Å²) in [5.74, 6) is -0.653. The fraction of sp³-hybridized carbons (Fsp3) is 0.353. The van der Waals surface area contributed by atoms with Gasteiger partial charge in [-0.25, -0.2) is 4.98 Å². The Labute approximate surface area is 150 Å². The molecule has 132 valence electrons. The van der Waals surface area contributed by atoms with Crippen LogP contribution in [0.4, 0.5) is 5.13 Å². The minimum Gasteiger partial charge on any atom is -0.378 e. The van der Waals surface area contributed by atoms with E-state index in [1.807, 2.05) is 24.4 Å². The maximum atomic E-state index is 12.0. The molecule has 2 heterocycles. The van der Waals surface area contributed by atoms with Crippen molar-refractivity contribution in [1.82, 2.24) is 15.8 Å². The van der Waals surface area contributed by atoms with Gasteiger partial charge in [0.15, 0.2) is 5.13 Å². The van der Waals surface area contributed by atoms with Crippen LogP contribution in [0.15, 0.2) is 29.6 Å². The lowest BCUT2D eigenvalue weighted by molar-refractivity contribution is -0.121. The summed E-state index contributed by atoms with van der Waals surface area (Å²) in [5.41, 5.74) is 7.10. The van der Waals surface area contributed by atoms with Gasteiger partial charge in [-0.15, -0.1) is 11.3 Å². The molecule has 0 saturated carbocycles. The van der Waals surface area contributed by atoms with Crippen LogP contribution in [0.25, 0.3) is 0 Å². The van der Waals surface area contributed by atoms with E-state index in [4.69, 9.17) is 4.74 Å². The number of hydrogen-bond donors (Lipinski definition) is 2. The smallest absolute Gasteiger partial charge is 0.269 e. The van der Waals surface area contributed by atoms with Crippen LogP contribution in [-0.2, 0) is 16.0 Å². The monoisotopic (exact) mass is 360 g/mol. The number of morpholine rings is 1. The predicted octanol–water partition coefficient (Wildman–Crippen LogP) is 1.29. The molecular formula is C17H20N4O3S. The topological polar surface area (TPSA) is 83.6 Å². The quantitative estimate of drug-likeness (QED) is 0.803. The molecule has 1 aliphatic heterocycles. The lowest BCUT2D eigenvalue weighted by Gasteiger charge is -2.26. The summed E-state index contributed by atoms with van der Waals surface area (Å²) >= 11 is 1.51. The van der Waals surface area contributed by atoms with Crippen LogP contribution in [0.3, 0.4) is 0 Å². The predicted molar refractivity (Wildman–Crippen MR) is 95.6 cm³/mol. The molecule has 2 N–H and O–H groups in total. The fourth-order valence-electron chi connectivity index (χ4n) is 2.39. The highest BCUT2D eigenvalue weighted by molar-refractivity contribution is 7.13. The molecule has 1 aromatic heterocycles. The first-order valence-corrected chi connectivity index (χ1v) is 8.93. The zero-order valence-electron chi connectivity index (χ0n) is 13.9. The van der Waals surface area contributed by atoms with Crippen LogP contribution >= 0.6 is 11.3 Å². The van der Waals surface area contributed by atoms with Crippen molar-refractivity contribution in [1.29, 1.82) is 0 Å². The van der Waals surface area contributed by atoms with Gasteiger partial charge in [-0.05, 0) is 19.1 Å². The second-order valence-electron chi connectivity index (χ2n) is 5.77. The van der Waals surface area contributed by atoms with Crippen LogP contribution in [0.5, 0.6) is 0 Å². The van der Waals surface area contributed by atoms with Crippen LogP contribution in [0.2, 0.25) is 0 Å². The fourth-order valence-corrected chi connectivity index (χ4v) is 3.27. The number of amides is 2. The number of hydrazine groups is 1. The molecule has 0 bridgehead atoms. The summed E-state index contributed by atoms with van der Waals surface area (Å²) in [6.07, 6.45) is 0.120. The number of rotatable bonds is 4. The molecular weight excluding hydrogens is 340 g/mol. The third-order valence-corrected chi connectivity index (χ3v) is 4.74. The molecule has 1 aliphatic rings. The highest BCUT2D eigenvalue weighted by atomic mass is 32.1. The molecule has 2 amide bonds. The van der Waals surface area contributed by atoms with Gasteiger partial charge in [0, 0.05) is 24.0 Å². The van der Waals surface area contributed by atoms with E-state index in [9.17, 15) is 9.59 Å². The molecule has 0 spiro atoms. The molecule has 0 unspecified atom stereocenters. The molecule has 1 saturated heterocycles. The molecule has 0 atom stereocenters. The summed E-state index contributed by atoms with van der Waals surface area (Å²) in [5, 5.41) is 2.77. The van der Waals surface area contributed by atoms with Crippen molar-refractivity contribution in [2.24, 2.45) is 0 Å². The molecule has 1 fully saturated rings. The molecule has 25 heavy (non-hydrogen) atoms. The van der Waals surface area contributed by atoms with E-state index in [1.54, 1.807) is 12.1 Å². The molecule has 0 radical (unpaired) electrons. The van der Waals surface area contributed by atoms with Crippen molar-refractivity contribution in [3.8, 4) is 0 Å². The summed E-state index contributed by atoms with van der Waals surface area (Å²) in [4.78, 5) is 30.6. The molecule has 0 aliphatic carbocycles. The van der Waals surface area contributed by atoms with Gasteiger partial charge in [-0.2, -0.15) is 0 Å². The average molecular weight is 360 g/mol. The van der Waals surface area contributed by atoms with E-state index in [0.29, 0.717) is 24.5 Å². The van der Waals surface area contributed by atoms with Gasteiger partial charge >= 0.3 is 0 Å². The Morgan fingerprint density at radius 2 is 1.92 bits per heavy atom. The summed E-state index contributed by atoms with van der Waals surface area (Å²) in [6, 6.07) is 7.12. The van der Waals surface area contributed by atoms with Gasteiger partial charge in [0.05, 0.1) is 25.3 Å². The van der Waals surface area contributed by atoms with Gasteiger partial charge < -0.3 is 9.64 Å². The molecule has 1 aromatic carbocycles. The number of thiazole rings is 1. The number of hydrogen-bond acceptors (Lipinski definition) is 6. The van der Waals surface area contributed by atoms with E-state index in [2.05, 4.69) is 20.7 Å². The van der Waals surface area contributed by atoms with Gasteiger partial charge in [0.2, 0.25) is 5.91 Å². The van der Waals surface area contributed by atoms with Crippen molar-refractivity contribution in [2.75, 3.05) is 31.2 Å². The number of ether oxygens (including phenoxy) is 1. The van der Waals surface area contributed by atoms with Gasteiger partial charge in [-0.1, -0.05) is 17.7 Å². The van der Waals surface area contributed by atoms with Crippen LogP contribution in [-0.4, -0.2) is 43.1 Å². The number of benzene rings is 1. The normalized spacial score (nSPS) is 14.2. The van der Waals surface area contributed by atoms with Crippen LogP contribution < -0.4 is 15.8 Å². The Hall–Kier alpha value is -2.45. The lowest BCUT2D eigenvalue weighted by Crippen LogP contribution is -2.42. The van der Waals surface area contributed by atoms with Crippen molar-refractivity contribution in [3.05, 3.63) is 46.5 Å². The number of carbonyl (C=O) groups is 2. The van der Waals surface area contributed by atoms with Gasteiger partial charge in [-0.3, -0.25) is 20.4 Å². The minimum absolute atomic E-state index is 0.120. The van der Waals surface area contributed by atoms with Gasteiger partial charge in [0.25, 0.3) is 5.91 Å². The van der Waals surface area contributed by atoms with Crippen molar-refractivity contribution in [2.45, 2.75) is 13.3 Å². The highest BCUT2D eigenvalue weighted by Gasteiger charge is 2.16. The lowest BCUT2D eigenvalue weighted by atomic mass is 10.1. The molecule has 3 rings (SSSR count). The van der Waals surface area contributed by atoms with E-state index < -0.39 is 0 Å². The van der Waals surface area contributed by atoms with Crippen molar-refractivity contribution >= 4 is 28.3 Å². The molecule has 7 nitrogen and oxygen atoms in total. The average Bonchev–Trinajstić information content (AvgIpc) is 3.09. The standard InChI is InChI=1S/C17H20N4O3S/c1-12-2-4-13(5-3-12)16(23)20-19-15(22)10-14-11-25-17(18-14)21-6-8-24-9-7-21/h2-5,11H,6-10H2,1H3,(H,19,22)(H,20,23). The Morgan fingerprint density at radius 1 is 1.20 bits per heavy atom. The maximum absolute atomic E-state index is 12.0. The third kappa shape index (κ3) is 4.77. The zero-order chi connectivity index (χ0) is 17.6. The Balaban J connectivity index is 1.48. The largest absolute Gasteiger partial charge is 0.378 e. The summed E-state index contributed by atoms with van der Waals surface area (Å²) < 4.78 is 5.32. The van der Waals surface area contributed by atoms with Gasteiger partial charge in [0.1, 0.15) is 0 Å². The Bertz CT molecular complexity index is 739. The number of anilines is 1. The number of nitrogens with one attached hydrogen (secondary N) is 2. The van der Waals surface area contributed by atoms with E-state index in [0.717, 1.165) is 23.8 Å². The molecule has 8 heteroatoms. The highest BCUT2D eigenvalue weighted by Crippen LogP contribution is 2.21. The maximum Gasteiger partial charge on any atom is 0.269 e. The first-order valence-electron chi connectivity index (χ1n) is 8.05. The summed E-state index contributed by atoms with van der Waals surface area (Å²) in [7, 11) is 0. The van der Waals surface area contributed by atoms with Crippen LogP contribution in [0, 0.1) is 6.92 Å². The second kappa shape index (κ2) is 8.09. The Morgan fingerprint density at radius 3 is 2.64 bits per heavy atom.